The molecule has 0 heterocycles. The first kappa shape index (κ1) is 31.8. The van der Waals surface area contributed by atoms with Crippen molar-refractivity contribution in [1.82, 2.24) is 10.6 Å². The molecule has 6 N–H and O–H groups in total. The van der Waals surface area contributed by atoms with Crippen LogP contribution in [0.1, 0.15) is 29.4 Å². The molecule has 4 aromatic rings. The van der Waals surface area contributed by atoms with Gasteiger partial charge in [0.15, 0.2) is 5.78 Å². The van der Waals surface area contributed by atoms with Crippen molar-refractivity contribution in [2.24, 2.45) is 5.73 Å². The van der Waals surface area contributed by atoms with Gasteiger partial charge in [-0.3, -0.25) is 10.2 Å². The van der Waals surface area contributed by atoms with E-state index in [1.165, 1.54) is 31.2 Å². The fraction of sp³-hybridized carbons (Fsp3) is 0.156. The quantitative estimate of drug-likeness (QED) is 0.0783. The first-order valence-corrected chi connectivity index (χ1v) is 15.2. The number of rotatable bonds is 13. The fourth-order valence-electron chi connectivity index (χ4n) is 4.09. The molecule has 3 atom stereocenters. The van der Waals surface area contributed by atoms with E-state index in [4.69, 9.17) is 24.9 Å². The maximum Gasteiger partial charge on any atom is 0.457 e. The monoisotopic (exact) mass is 616 g/mol. The second-order valence-corrected chi connectivity index (χ2v) is 11.7. The van der Waals surface area contributed by atoms with Gasteiger partial charge in [0.1, 0.15) is 30.0 Å². The number of amidine groups is 1. The summed E-state index contributed by atoms with van der Waals surface area (Å²) in [6.07, 6.45) is -2.31. The normalized spacial score (nSPS) is 13.0. The number of carbonyl (C=O) groups excluding carboxylic acids is 2. The molecule has 228 valence electrons. The van der Waals surface area contributed by atoms with Crippen molar-refractivity contribution >= 4 is 25.4 Å². The number of nitrogens with two attached hydrogens (primary N) is 1. The number of carbonyl (C=O) groups is 2. The van der Waals surface area contributed by atoms with Crippen LogP contribution in [0.3, 0.4) is 0 Å². The average Bonchev–Trinajstić information content (AvgIpc) is 3.02. The number of para-hydroxylation sites is 2. The van der Waals surface area contributed by atoms with Gasteiger partial charge in [-0.05, 0) is 42.3 Å². The van der Waals surface area contributed by atoms with Crippen LogP contribution in [0.15, 0.2) is 115 Å². The van der Waals surface area contributed by atoms with Gasteiger partial charge in [-0.25, -0.2) is 9.36 Å². The Morgan fingerprint density at radius 2 is 1.32 bits per heavy atom. The Bertz CT molecular complexity index is 1540. The molecule has 0 saturated carbocycles. The van der Waals surface area contributed by atoms with Gasteiger partial charge in [0.05, 0.1) is 6.10 Å². The molecule has 1 unspecified atom stereocenters. The predicted molar refractivity (Wildman–Crippen MR) is 165 cm³/mol. The van der Waals surface area contributed by atoms with E-state index >= 15 is 0 Å². The molecule has 0 fully saturated rings. The first-order valence-electron chi connectivity index (χ1n) is 13.6. The van der Waals surface area contributed by atoms with Crippen molar-refractivity contribution in [3.8, 4) is 11.5 Å². The molecular weight excluding hydrogens is 583 g/mol. The number of ether oxygens (including phenoxy) is 1. The predicted octanol–water partition coefficient (Wildman–Crippen LogP) is 5.11. The van der Waals surface area contributed by atoms with Crippen molar-refractivity contribution in [1.29, 1.82) is 5.41 Å². The molecule has 0 aliphatic heterocycles. The van der Waals surface area contributed by atoms with E-state index < -0.39 is 37.5 Å². The molecule has 0 saturated heterocycles. The molecule has 44 heavy (non-hydrogen) atoms. The van der Waals surface area contributed by atoms with Crippen LogP contribution in [0.4, 0.5) is 4.79 Å². The highest BCUT2D eigenvalue weighted by molar-refractivity contribution is 7.55. The highest BCUT2D eigenvalue weighted by atomic mass is 31.2. The van der Waals surface area contributed by atoms with Crippen LogP contribution in [0.2, 0.25) is 0 Å². The van der Waals surface area contributed by atoms with Gasteiger partial charge in [-0.2, -0.15) is 0 Å². The van der Waals surface area contributed by atoms with Crippen LogP contribution in [0.25, 0.3) is 0 Å². The second kappa shape index (κ2) is 14.9. The second-order valence-electron chi connectivity index (χ2n) is 9.72. The highest BCUT2D eigenvalue weighted by Gasteiger charge is 2.43. The van der Waals surface area contributed by atoms with E-state index in [1.807, 2.05) is 6.07 Å². The number of aliphatic hydroxyl groups excluding tert-OH is 1. The Hall–Kier alpha value is -5.12. The van der Waals surface area contributed by atoms with Gasteiger partial charge in [0.25, 0.3) is 0 Å². The SMILES string of the molecule is C[C@@H](O)[C@H](NC(=O)OCc1ccccc1)C(=O)NC(c1ccc(C(=N)N)cc1)P(=O)(Oc1ccccc1)Oc1ccccc1. The minimum Gasteiger partial charge on any atom is -0.445 e. The standard InChI is InChI=1S/C32H33N4O7P/c1-22(37)28(35-32(39)41-21-23-11-5-2-6-12-23)30(38)36-31(25-19-17-24(18-20-25)29(33)34)44(40,42-26-13-7-3-8-14-26)43-27-15-9-4-10-16-27/h2-20,22,28,31,37H,21H2,1H3,(H3,33,34)(H,35,39)(H,36,38)/t22-,28+,31?/m1/s1. The van der Waals surface area contributed by atoms with Gasteiger partial charge >= 0.3 is 13.7 Å². The number of amides is 2. The lowest BCUT2D eigenvalue weighted by Gasteiger charge is -2.30. The van der Waals surface area contributed by atoms with E-state index in [0.717, 1.165) is 5.56 Å². The Kier molecular flexibility index (Phi) is 10.7. The van der Waals surface area contributed by atoms with Gasteiger partial charge in [-0.1, -0.05) is 91.0 Å². The summed E-state index contributed by atoms with van der Waals surface area (Å²) in [6, 6.07) is 30.1. The van der Waals surface area contributed by atoms with Crippen molar-refractivity contribution in [3.63, 3.8) is 0 Å². The number of aliphatic hydroxyl groups is 1. The van der Waals surface area contributed by atoms with Gasteiger partial charge in [0.2, 0.25) is 5.91 Å². The third-order valence-electron chi connectivity index (χ3n) is 6.34. The van der Waals surface area contributed by atoms with E-state index in [0.29, 0.717) is 5.56 Å². The number of benzene rings is 4. The van der Waals surface area contributed by atoms with Crippen molar-refractivity contribution < 1.29 is 33.0 Å². The van der Waals surface area contributed by atoms with E-state index in [2.05, 4.69) is 10.6 Å². The van der Waals surface area contributed by atoms with Crippen LogP contribution in [-0.4, -0.2) is 35.1 Å². The highest BCUT2D eigenvalue weighted by Crippen LogP contribution is 2.59. The molecule has 12 heteroatoms. The van der Waals surface area contributed by atoms with Gasteiger partial charge < -0.3 is 35.3 Å². The molecule has 4 rings (SSSR count). The van der Waals surface area contributed by atoms with Crippen molar-refractivity contribution in [2.75, 3.05) is 0 Å². The molecule has 4 aromatic carbocycles. The van der Waals surface area contributed by atoms with Gasteiger partial charge in [0, 0.05) is 5.56 Å². The van der Waals surface area contributed by atoms with E-state index in [9.17, 15) is 19.3 Å². The number of alkyl carbamates (subject to hydrolysis) is 1. The largest absolute Gasteiger partial charge is 0.457 e. The summed E-state index contributed by atoms with van der Waals surface area (Å²) in [6.45, 7) is 1.26. The number of hydrogen-bond acceptors (Lipinski definition) is 8. The van der Waals surface area contributed by atoms with Gasteiger partial charge in [-0.15, -0.1) is 0 Å². The molecule has 0 aromatic heterocycles. The maximum absolute atomic E-state index is 14.8. The topological polar surface area (TPSA) is 173 Å². The minimum absolute atomic E-state index is 0.0586. The van der Waals surface area contributed by atoms with E-state index in [1.54, 1.807) is 84.9 Å². The maximum atomic E-state index is 14.8. The summed E-state index contributed by atoms with van der Waals surface area (Å²) in [4.78, 5) is 26.3. The molecule has 0 radical (unpaired) electrons. The first-order chi connectivity index (χ1) is 21.1. The summed E-state index contributed by atoms with van der Waals surface area (Å²) < 4.78 is 32.0. The van der Waals surface area contributed by atoms with Crippen molar-refractivity contribution in [3.05, 3.63) is 132 Å². The zero-order valence-electron chi connectivity index (χ0n) is 23.8. The smallest absolute Gasteiger partial charge is 0.445 e. The number of nitrogen functional groups attached to an aromatic ring is 1. The summed E-state index contributed by atoms with van der Waals surface area (Å²) in [7, 11) is -4.39. The van der Waals surface area contributed by atoms with Crippen LogP contribution in [0, 0.1) is 5.41 Å². The van der Waals surface area contributed by atoms with Crippen molar-refractivity contribution in [2.45, 2.75) is 31.5 Å². The summed E-state index contributed by atoms with van der Waals surface area (Å²) in [5, 5.41) is 23.2. The zero-order valence-corrected chi connectivity index (χ0v) is 24.7. The molecule has 0 aliphatic carbocycles. The lowest BCUT2D eigenvalue weighted by atomic mass is 10.1. The van der Waals surface area contributed by atoms with Crippen LogP contribution >= 0.6 is 7.60 Å². The lowest BCUT2D eigenvalue weighted by molar-refractivity contribution is -0.125. The molecule has 11 nitrogen and oxygen atoms in total. The fourth-order valence-corrected chi connectivity index (χ4v) is 5.99. The van der Waals surface area contributed by atoms with Crippen LogP contribution in [0.5, 0.6) is 11.5 Å². The van der Waals surface area contributed by atoms with Crippen LogP contribution in [-0.2, 0) is 20.7 Å². The number of hydrogen-bond donors (Lipinski definition) is 5. The Morgan fingerprint density at radius 1 is 0.818 bits per heavy atom. The third-order valence-corrected chi connectivity index (χ3v) is 8.33. The molecule has 0 aliphatic rings. The summed E-state index contributed by atoms with van der Waals surface area (Å²) in [5.74, 6) is -2.10. The Labute approximate surface area is 255 Å². The van der Waals surface area contributed by atoms with Crippen LogP contribution < -0.4 is 25.4 Å². The summed E-state index contributed by atoms with van der Waals surface area (Å²) in [5.41, 5.74) is 7.03. The van der Waals surface area contributed by atoms with E-state index in [-0.39, 0.29) is 29.5 Å². The Balaban J connectivity index is 1.66. The molecule has 0 bridgehead atoms. The minimum atomic E-state index is -4.39. The average molecular weight is 617 g/mol. The molecule has 2 amide bonds. The molecular formula is C32H33N4O7P. The molecule has 0 spiro atoms. The summed E-state index contributed by atoms with van der Waals surface area (Å²) >= 11 is 0. The zero-order chi connectivity index (χ0) is 31.5. The Morgan fingerprint density at radius 3 is 1.80 bits per heavy atom. The number of nitrogens with one attached hydrogen (secondary N) is 3. The third kappa shape index (κ3) is 8.70. The lowest BCUT2D eigenvalue weighted by Crippen LogP contribution is -2.53.